The summed E-state index contributed by atoms with van der Waals surface area (Å²) in [5.41, 5.74) is 2.82. The molecule has 3 rings (SSSR count). The van der Waals surface area contributed by atoms with Gasteiger partial charge in [0.1, 0.15) is 11.9 Å². The molecular formula is C16H16Br2O2. The van der Waals surface area contributed by atoms with E-state index in [0.29, 0.717) is 22.8 Å². The Morgan fingerprint density at radius 1 is 1.30 bits per heavy atom. The van der Waals surface area contributed by atoms with E-state index in [2.05, 4.69) is 56.1 Å². The lowest BCUT2D eigenvalue weighted by Gasteiger charge is -2.26. The number of aliphatic hydroxyl groups excluding tert-OH is 1. The molecular weight excluding hydrogens is 384 g/mol. The monoisotopic (exact) mass is 398 g/mol. The van der Waals surface area contributed by atoms with E-state index >= 15 is 0 Å². The van der Waals surface area contributed by atoms with E-state index in [1.807, 2.05) is 6.07 Å². The molecule has 106 valence electrons. The lowest BCUT2D eigenvalue weighted by atomic mass is 9.80. The van der Waals surface area contributed by atoms with E-state index in [1.165, 1.54) is 17.5 Å². The molecule has 1 aromatic heterocycles. The van der Waals surface area contributed by atoms with Gasteiger partial charge < -0.3 is 9.52 Å². The summed E-state index contributed by atoms with van der Waals surface area (Å²) in [4.78, 5) is 0. The lowest BCUT2D eigenvalue weighted by molar-refractivity contribution is 0.127. The summed E-state index contributed by atoms with van der Waals surface area (Å²) in [5.74, 6) is 1.03. The lowest BCUT2D eigenvalue weighted by Crippen LogP contribution is -2.12. The van der Waals surface area contributed by atoms with Crippen molar-refractivity contribution in [2.75, 3.05) is 0 Å². The van der Waals surface area contributed by atoms with Crippen LogP contribution < -0.4 is 0 Å². The fraction of sp³-hybridized carbons (Fsp3) is 0.375. The fourth-order valence-corrected chi connectivity index (χ4v) is 3.62. The molecule has 0 aliphatic heterocycles. The van der Waals surface area contributed by atoms with Crippen LogP contribution in [0.15, 0.2) is 43.9 Å². The minimum atomic E-state index is -0.561. The van der Waals surface area contributed by atoms with Gasteiger partial charge in [0.2, 0.25) is 0 Å². The molecule has 0 radical (unpaired) electrons. The second-order valence-electron chi connectivity index (χ2n) is 5.31. The summed E-state index contributed by atoms with van der Waals surface area (Å²) in [6.07, 6.45) is 3.63. The molecule has 0 fully saturated rings. The van der Waals surface area contributed by atoms with Crippen molar-refractivity contribution in [3.8, 4) is 0 Å². The predicted octanol–water partition coefficient (Wildman–Crippen LogP) is 5.35. The van der Waals surface area contributed by atoms with Gasteiger partial charge in [-0.1, -0.05) is 24.3 Å². The highest BCUT2D eigenvalue weighted by molar-refractivity contribution is 9.13. The number of benzene rings is 1. The zero-order valence-electron chi connectivity index (χ0n) is 11.0. The third-order valence-electron chi connectivity index (χ3n) is 3.99. The maximum atomic E-state index is 10.4. The maximum Gasteiger partial charge on any atom is 0.183 e. The number of hydrogen-bond acceptors (Lipinski definition) is 2. The van der Waals surface area contributed by atoms with Gasteiger partial charge in [0.15, 0.2) is 4.67 Å². The van der Waals surface area contributed by atoms with Gasteiger partial charge in [-0.05, 0) is 80.7 Å². The Bertz CT molecular complexity index is 587. The molecule has 0 saturated carbocycles. The Balaban J connectivity index is 1.78. The van der Waals surface area contributed by atoms with E-state index in [0.717, 1.165) is 17.3 Å². The third kappa shape index (κ3) is 2.87. The number of halogens is 2. The average Bonchev–Trinajstić information content (AvgIpc) is 2.79. The SMILES string of the molecule is OC(CC1CCCc2ccccc21)c1cc(Br)c(Br)o1. The Labute approximate surface area is 135 Å². The molecule has 20 heavy (non-hydrogen) atoms. The van der Waals surface area contributed by atoms with E-state index < -0.39 is 6.10 Å². The van der Waals surface area contributed by atoms with Crippen LogP contribution in [0, 0.1) is 0 Å². The van der Waals surface area contributed by atoms with E-state index in [9.17, 15) is 5.11 Å². The molecule has 2 nitrogen and oxygen atoms in total. The molecule has 0 amide bonds. The molecule has 0 spiro atoms. The molecule has 0 bridgehead atoms. The van der Waals surface area contributed by atoms with Gasteiger partial charge in [-0.25, -0.2) is 0 Å². The van der Waals surface area contributed by atoms with Crippen LogP contribution in [0.2, 0.25) is 0 Å². The smallest absolute Gasteiger partial charge is 0.183 e. The number of aryl methyl sites for hydroxylation is 1. The highest BCUT2D eigenvalue weighted by Gasteiger charge is 2.25. The van der Waals surface area contributed by atoms with Gasteiger partial charge in [-0.2, -0.15) is 0 Å². The summed E-state index contributed by atoms with van der Waals surface area (Å²) < 4.78 is 7.00. The molecule has 2 atom stereocenters. The largest absolute Gasteiger partial charge is 0.450 e. The molecule has 1 heterocycles. The molecule has 0 saturated heterocycles. The minimum absolute atomic E-state index is 0.414. The van der Waals surface area contributed by atoms with Crippen LogP contribution in [0.3, 0.4) is 0 Å². The number of aliphatic hydroxyl groups is 1. The Kier molecular flexibility index (Phi) is 4.34. The predicted molar refractivity (Wildman–Crippen MR) is 85.8 cm³/mol. The van der Waals surface area contributed by atoms with Crippen molar-refractivity contribution >= 4 is 31.9 Å². The van der Waals surface area contributed by atoms with Crippen LogP contribution in [0.5, 0.6) is 0 Å². The van der Waals surface area contributed by atoms with Gasteiger partial charge in [-0.3, -0.25) is 0 Å². The van der Waals surface area contributed by atoms with E-state index in [-0.39, 0.29) is 0 Å². The van der Waals surface area contributed by atoms with Crippen molar-refractivity contribution in [2.24, 2.45) is 0 Å². The Morgan fingerprint density at radius 3 is 2.85 bits per heavy atom. The number of rotatable bonds is 3. The van der Waals surface area contributed by atoms with E-state index in [4.69, 9.17) is 4.42 Å². The van der Waals surface area contributed by atoms with Crippen LogP contribution in [0.25, 0.3) is 0 Å². The first kappa shape index (κ1) is 14.4. The Hall–Kier alpha value is -0.580. The topological polar surface area (TPSA) is 33.4 Å². The molecule has 2 aromatic rings. The summed E-state index contributed by atoms with van der Waals surface area (Å²) in [5, 5.41) is 10.4. The number of furan rings is 1. The fourth-order valence-electron chi connectivity index (χ4n) is 3.01. The van der Waals surface area contributed by atoms with Gasteiger partial charge in [0.25, 0.3) is 0 Å². The molecule has 1 aliphatic carbocycles. The second kappa shape index (κ2) is 6.04. The maximum absolute atomic E-state index is 10.4. The first-order valence-electron chi connectivity index (χ1n) is 6.85. The first-order valence-corrected chi connectivity index (χ1v) is 8.44. The van der Waals surface area contributed by atoms with Crippen LogP contribution in [-0.2, 0) is 6.42 Å². The van der Waals surface area contributed by atoms with Crippen molar-refractivity contribution in [3.05, 3.63) is 56.4 Å². The molecule has 4 heteroatoms. The summed E-state index contributed by atoms with van der Waals surface area (Å²) in [6.45, 7) is 0. The van der Waals surface area contributed by atoms with Crippen molar-refractivity contribution in [3.63, 3.8) is 0 Å². The zero-order valence-corrected chi connectivity index (χ0v) is 14.2. The third-order valence-corrected chi connectivity index (χ3v) is 5.70. The van der Waals surface area contributed by atoms with Crippen molar-refractivity contribution < 1.29 is 9.52 Å². The van der Waals surface area contributed by atoms with Crippen LogP contribution in [0.4, 0.5) is 0 Å². The number of fused-ring (bicyclic) bond motifs is 1. The number of hydrogen-bond donors (Lipinski definition) is 1. The van der Waals surface area contributed by atoms with Crippen molar-refractivity contribution in [2.45, 2.75) is 37.7 Å². The van der Waals surface area contributed by atoms with Gasteiger partial charge in [-0.15, -0.1) is 0 Å². The summed E-state index contributed by atoms with van der Waals surface area (Å²) in [7, 11) is 0. The normalized spacial score (nSPS) is 19.6. The van der Waals surface area contributed by atoms with Crippen molar-refractivity contribution in [1.82, 2.24) is 0 Å². The average molecular weight is 400 g/mol. The molecule has 1 aliphatic rings. The van der Waals surface area contributed by atoms with Gasteiger partial charge in [0, 0.05) is 0 Å². The first-order chi connectivity index (χ1) is 9.65. The second-order valence-corrected chi connectivity index (χ2v) is 6.88. The van der Waals surface area contributed by atoms with Crippen LogP contribution in [0.1, 0.15) is 48.2 Å². The van der Waals surface area contributed by atoms with E-state index in [1.54, 1.807) is 0 Å². The van der Waals surface area contributed by atoms with Crippen LogP contribution >= 0.6 is 31.9 Å². The highest BCUT2D eigenvalue weighted by Crippen LogP contribution is 2.39. The molecule has 1 N–H and O–H groups in total. The zero-order chi connectivity index (χ0) is 14.1. The summed E-state index contributed by atoms with van der Waals surface area (Å²) in [6, 6.07) is 10.4. The molecule has 2 unspecified atom stereocenters. The van der Waals surface area contributed by atoms with Gasteiger partial charge >= 0.3 is 0 Å². The standard InChI is InChI=1S/C16H16Br2O2/c17-13-9-15(20-16(13)18)14(19)8-11-6-3-5-10-4-1-2-7-12(10)11/h1-2,4,7,9,11,14,19H,3,5-6,8H2. The molecule has 1 aromatic carbocycles. The van der Waals surface area contributed by atoms with Gasteiger partial charge in [0.05, 0.1) is 4.47 Å². The van der Waals surface area contributed by atoms with Crippen LogP contribution in [-0.4, -0.2) is 5.11 Å². The minimum Gasteiger partial charge on any atom is -0.450 e. The van der Waals surface area contributed by atoms with Crippen molar-refractivity contribution in [1.29, 1.82) is 0 Å². The summed E-state index contributed by atoms with van der Waals surface area (Å²) >= 11 is 6.69. The highest BCUT2D eigenvalue weighted by atomic mass is 79.9. The Morgan fingerprint density at radius 2 is 2.10 bits per heavy atom. The quantitative estimate of drug-likeness (QED) is 0.754.